The van der Waals surface area contributed by atoms with Crippen molar-refractivity contribution in [3.63, 3.8) is 0 Å². The highest BCUT2D eigenvalue weighted by Crippen LogP contribution is 2.31. The van der Waals surface area contributed by atoms with E-state index in [2.05, 4.69) is 4.98 Å². The second-order valence-corrected chi connectivity index (χ2v) is 4.34. The van der Waals surface area contributed by atoms with Crippen LogP contribution >= 0.6 is 11.6 Å². The number of nitro groups is 1. The third-order valence-electron chi connectivity index (χ3n) is 2.68. The van der Waals surface area contributed by atoms with Gasteiger partial charge < -0.3 is 4.42 Å². The summed E-state index contributed by atoms with van der Waals surface area (Å²) >= 11 is 5.86. The fourth-order valence-electron chi connectivity index (χ4n) is 1.83. The van der Waals surface area contributed by atoms with Crippen molar-refractivity contribution in [2.75, 3.05) is 0 Å². The van der Waals surface area contributed by atoms with Crippen molar-refractivity contribution in [1.29, 1.82) is 0 Å². The molecule has 1 aromatic heterocycles. The molecule has 6 heteroatoms. The molecule has 5 nitrogen and oxygen atoms in total. The van der Waals surface area contributed by atoms with E-state index >= 15 is 0 Å². The molecule has 0 spiro atoms. The zero-order valence-electron chi connectivity index (χ0n) is 9.54. The molecule has 0 radical (unpaired) electrons. The Balaban J connectivity index is 2.22. The molecule has 3 aromatic rings. The first-order valence-corrected chi connectivity index (χ1v) is 5.83. The lowest BCUT2D eigenvalue weighted by atomic mass is 10.2. The minimum atomic E-state index is -0.461. The van der Waals surface area contributed by atoms with Crippen LogP contribution in [0.5, 0.6) is 0 Å². The van der Waals surface area contributed by atoms with Crippen molar-refractivity contribution in [3.8, 4) is 11.5 Å². The van der Waals surface area contributed by atoms with Gasteiger partial charge >= 0.3 is 0 Å². The number of rotatable bonds is 2. The van der Waals surface area contributed by atoms with E-state index in [0.29, 0.717) is 21.7 Å². The van der Waals surface area contributed by atoms with E-state index in [4.69, 9.17) is 16.0 Å². The quantitative estimate of drug-likeness (QED) is 0.522. The molecule has 0 saturated heterocycles. The summed E-state index contributed by atoms with van der Waals surface area (Å²) in [6.07, 6.45) is 0. The van der Waals surface area contributed by atoms with Crippen molar-refractivity contribution < 1.29 is 9.34 Å². The average Bonchev–Trinajstić information content (AvgIpc) is 2.81. The molecular weight excluding hydrogens is 268 g/mol. The number of halogens is 1. The summed E-state index contributed by atoms with van der Waals surface area (Å²) in [7, 11) is 0. The maximum Gasteiger partial charge on any atom is 0.282 e. The first kappa shape index (κ1) is 11.7. The zero-order chi connectivity index (χ0) is 13.4. The average molecular weight is 275 g/mol. The topological polar surface area (TPSA) is 69.2 Å². The molecule has 2 aromatic carbocycles. The van der Waals surface area contributed by atoms with Crippen LogP contribution < -0.4 is 0 Å². The van der Waals surface area contributed by atoms with Crippen LogP contribution in [-0.4, -0.2) is 9.91 Å². The van der Waals surface area contributed by atoms with Crippen LogP contribution in [0, 0.1) is 10.1 Å². The highest BCUT2D eigenvalue weighted by atomic mass is 35.5. The molecule has 0 atom stereocenters. The number of nitrogens with zero attached hydrogens (tertiary/aromatic N) is 2. The lowest BCUT2D eigenvalue weighted by molar-refractivity contribution is -0.384. The van der Waals surface area contributed by atoms with E-state index in [1.807, 2.05) is 0 Å². The van der Waals surface area contributed by atoms with Gasteiger partial charge in [-0.3, -0.25) is 10.1 Å². The van der Waals surface area contributed by atoms with Crippen LogP contribution in [0.4, 0.5) is 5.69 Å². The Kier molecular flexibility index (Phi) is 2.68. The summed E-state index contributed by atoms with van der Waals surface area (Å²) in [4.78, 5) is 14.8. The predicted molar refractivity (Wildman–Crippen MR) is 71.1 cm³/mol. The molecule has 0 saturated carbocycles. The van der Waals surface area contributed by atoms with E-state index in [1.165, 1.54) is 6.07 Å². The first-order valence-electron chi connectivity index (χ1n) is 5.45. The van der Waals surface area contributed by atoms with Gasteiger partial charge in [0.1, 0.15) is 11.1 Å². The molecule has 0 bridgehead atoms. The SMILES string of the molecule is O=[N+]([O-])c1ccccc1-c1nc2ccc(Cl)cc2o1. The highest BCUT2D eigenvalue weighted by molar-refractivity contribution is 6.31. The van der Waals surface area contributed by atoms with E-state index in [0.717, 1.165) is 0 Å². The zero-order valence-corrected chi connectivity index (χ0v) is 10.3. The lowest BCUT2D eigenvalue weighted by Gasteiger charge is -1.96. The Morgan fingerprint density at radius 2 is 2.00 bits per heavy atom. The lowest BCUT2D eigenvalue weighted by Crippen LogP contribution is -1.91. The van der Waals surface area contributed by atoms with Gasteiger partial charge in [-0.25, -0.2) is 4.98 Å². The molecule has 0 aliphatic carbocycles. The maximum atomic E-state index is 11.0. The van der Waals surface area contributed by atoms with Gasteiger partial charge in [-0.2, -0.15) is 0 Å². The number of nitro benzene ring substituents is 1. The van der Waals surface area contributed by atoms with Crippen molar-refractivity contribution in [2.45, 2.75) is 0 Å². The smallest absolute Gasteiger partial charge is 0.282 e. The van der Waals surface area contributed by atoms with Gasteiger partial charge in [0.25, 0.3) is 5.69 Å². The number of oxazole rings is 1. The normalized spacial score (nSPS) is 10.8. The van der Waals surface area contributed by atoms with Crippen LogP contribution in [0.25, 0.3) is 22.6 Å². The van der Waals surface area contributed by atoms with Crippen molar-refractivity contribution >= 4 is 28.4 Å². The standard InChI is InChI=1S/C13H7ClN2O3/c14-8-5-6-10-12(7-8)19-13(15-10)9-3-1-2-4-11(9)16(17)18/h1-7H. The van der Waals surface area contributed by atoms with Gasteiger partial charge in [0.05, 0.1) is 4.92 Å². The second-order valence-electron chi connectivity index (χ2n) is 3.91. The molecule has 3 rings (SSSR count). The Morgan fingerprint density at radius 1 is 1.21 bits per heavy atom. The molecule has 0 aliphatic heterocycles. The predicted octanol–water partition coefficient (Wildman–Crippen LogP) is 4.06. The van der Waals surface area contributed by atoms with Crippen LogP contribution in [0.3, 0.4) is 0 Å². The van der Waals surface area contributed by atoms with Crippen molar-refractivity contribution in [1.82, 2.24) is 4.98 Å². The third-order valence-corrected chi connectivity index (χ3v) is 2.92. The summed E-state index contributed by atoms with van der Waals surface area (Å²) in [5, 5.41) is 11.5. The number of hydrogen-bond donors (Lipinski definition) is 0. The van der Waals surface area contributed by atoms with E-state index < -0.39 is 4.92 Å². The van der Waals surface area contributed by atoms with Crippen LogP contribution in [0.15, 0.2) is 46.9 Å². The van der Waals surface area contributed by atoms with Crippen molar-refractivity contribution in [3.05, 3.63) is 57.6 Å². The molecule has 0 unspecified atom stereocenters. The Morgan fingerprint density at radius 3 is 2.79 bits per heavy atom. The largest absolute Gasteiger partial charge is 0.436 e. The summed E-state index contributed by atoms with van der Waals surface area (Å²) in [6, 6.07) is 11.3. The van der Waals surface area contributed by atoms with E-state index in [1.54, 1.807) is 36.4 Å². The Hall–Kier alpha value is -2.40. The number of para-hydroxylation sites is 1. The molecule has 0 fully saturated rings. The number of benzene rings is 2. The fraction of sp³-hybridized carbons (Fsp3) is 0. The van der Waals surface area contributed by atoms with Gasteiger partial charge in [0.2, 0.25) is 5.89 Å². The van der Waals surface area contributed by atoms with Crippen LogP contribution in [-0.2, 0) is 0 Å². The summed E-state index contributed by atoms with van der Waals surface area (Å²) in [5.41, 5.74) is 1.41. The van der Waals surface area contributed by atoms with Crippen molar-refractivity contribution in [2.24, 2.45) is 0 Å². The van der Waals surface area contributed by atoms with Gasteiger partial charge in [-0.05, 0) is 18.2 Å². The molecular formula is C13H7ClN2O3. The first-order chi connectivity index (χ1) is 9.15. The van der Waals surface area contributed by atoms with Crippen LogP contribution in [0.2, 0.25) is 5.02 Å². The molecule has 1 heterocycles. The van der Waals surface area contributed by atoms with Gasteiger partial charge in [0.15, 0.2) is 5.58 Å². The third kappa shape index (κ3) is 2.04. The van der Waals surface area contributed by atoms with Gasteiger partial charge in [-0.15, -0.1) is 0 Å². The second kappa shape index (κ2) is 4.37. The van der Waals surface area contributed by atoms with Gasteiger partial charge in [-0.1, -0.05) is 23.7 Å². The monoisotopic (exact) mass is 274 g/mol. The minimum Gasteiger partial charge on any atom is -0.436 e. The maximum absolute atomic E-state index is 11.0. The minimum absolute atomic E-state index is 0.0415. The fourth-order valence-corrected chi connectivity index (χ4v) is 1.99. The molecule has 19 heavy (non-hydrogen) atoms. The number of aromatic nitrogens is 1. The Labute approximate surface area is 112 Å². The van der Waals surface area contributed by atoms with Gasteiger partial charge in [0, 0.05) is 17.2 Å². The number of hydrogen-bond acceptors (Lipinski definition) is 4. The van der Waals surface area contributed by atoms with Crippen LogP contribution in [0.1, 0.15) is 0 Å². The number of fused-ring (bicyclic) bond motifs is 1. The van der Waals surface area contributed by atoms with E-state index in [-0.39, 0.29) is 11.6 Å². The molecule has 94 valence electrons. The summed E-state index contributed by atoms with van der Waals surface area (Å²) in [5.74, 6) is 0.213. The molecule has 0 amide bonds. The Bertz CT molecular complexity index is 782. The summed E-state index contributed by atoms with van der Waals surface area (Å²) in [6.45, 7) is 0. The summed E-state index contributed by atoms with van der Waals surface area (Å²) < 4.78 is 5.53. The molecule has 0 aliphatic rings. The highest BCUT2D eigenvalue weighted by Gasteiger charge is 2.19. The molecule has 0 N–H and O–H groups in total. The van der Waals surface area contributed by atoms with E-state index in [9.17, 15) is 10.1 Å².